The van der Waals surface area contributed by atoms with Gasteiger partial charge in [0, 0.05) is 26.2 Å². The molecule has 1 fully saturated rings. The molecule has 1 aliphatic heterocycles. The summed E-state index contributed by atoms with van der Waals surface area (Å²) in [5.74, 6) is -0.839. The van der Waals surface area contributed by atoms with E-state index in [9.17, 15) is 9.59 Å². The minimum atomic E-state index is -0.839. The highest BCUT2D eigenvalue weighted by atomic mass is 16.5. The van der Waals surface area contributed by atoms with Gasteiger partial charge in [-0.15, -0.1) is 0 Å². The molecule has 19 heavy (non-hydrogen) atoms. The normalized spacial score (nSPS) is 16.4. The maximum Gasteiger partial charge on any atom is 0.319 e. The summed E-state index contributed by atoms with van der Waals surface area (Å²) in [7, 11) is 0. The Morgan fingerprint density at radius 1 is 1.26 bits per heavy atom. The van der Waals surface area contributed by atoms with E-state index in [1.807, 2.05) is 23.6 Å². The van der Waals surface area contributed by atoms with Crippen molar-refractivity contribution < 1.29 is 19.4 Å². The molecule has 1 aliphatic rings. The molecule has 0 aromatic carbocycles. The van der Waals surface area contributed by atoms with Gasteiger partial charge in [-0.3, -0.25) is 4.79 Å². The van der Waals surface area contributed by atoms with Crippen molar-refractivity contribution >= 4 is 12.0 Å². The zero-order valence-corrected chi connectivity index (χ0v) is 11.8. The number of amides is 2. The Morgan fingerprint density at radius 3 is 2.32 bits per heavy atom. The monoisotopic (exact) mass is 272 g/mol. The van der Waals surface area contributed by atoms with Crippen LogP contribution in [0.15, 0.2) is 0 Å². The largest absolute Gasteiger partial charge is 0.481 e. The number of hydrogen-bond acceptors (Lipinski definition) is 3. The molecule has 110 valence electrons. The molecule has 0 bridgehead atoms. The van der Waals surface area contributed by atoms with Crippen LogP contribution in [0.4, 0.5) is 4.79 Å². The van der Waals surface area contributed by atoms with E-state index < -0.39 is 5.97 Å². The summed E-state index contributed by atoms with van der Waals surface area (Å²) in [6, 6.07) is 0.0917. The summed E-state index contributed by atoms with van der Waals surface area (Å²) in [6.07, 6.45) is 1.69. The van der Waals surface area contributed by atoms with Gasteiger partial charge in [0.05, 0.1) is 19.1 Å². The Bertz CT molecular complexity index is 297. The molecule has 0 radical (unpaired) electrons. The molecular formula is C13H24N2O4. The standard InChI is InChI=1S/C13H24N2O4/c1-3-14(4-2)13(18)15-8-5-11(6-9-15)19-10-7-12(16)17/h11H,3-10H2,1-2H3,(H,16,17). The van der Waals surface area contributed by atoms with Crippen LogP contribution in [-0.4, -0.2) is 65.8 Å². The number of rotatable bonds is 6. The second-order valence-electron chi connectivity index (χ2n) is 4.66. The Morgan fingerprint density at radius 2 is 1.84 bits per heavy atom. The third kappa shape index (κ3) is 5.06. The molecule has 0 atom stereocenters. The molecule has 0 aliphatic carbocycles. The van der Waals surface area contributed by atoms with Crippen LogP contribution in [0.2, 0.25) is 0 Å². The van der Waals surface area contributed by atoms with Crippen molar-refractivity contribution in [2.24, 2.45) is 0 Å². The van der Waals surface area contributed by atoms with Crippen molar-refractivity contribution in [1.82, 2.24) is 9.80 Å². The lowest BCUT2D eigenvalue weighted by atomic mass is 10.1. The number of carbonyl (C=O) groups excluding carboxylic acids is 1. The van der Waals surface area contributed by atoms with E-state index in [2.05, 4.69) is 0 Å². The third-order valence-electron chi connectivity index (χ3n) is 3.42. The predicted molar refractivity (Wildman–Crippen MR) is 71.1 cm³/mol. The molecule has 0 aromatic heterocycles. The summed E-state index contributed by atoms with van der Waals surface area (Å²) in [4.78, 5) is 26.2. The third-order valence-corrected chi connectivity index (χ3v) is 3.42. The van der Waals surface area contributed by atoms with Crippen molar-refractivity contribution in [2.45, 2.75) is 39.2 Å². The van der Waals surface area contributed by atoms with Crippen molar-refractivity contribution in [3.8, 4) is 0 Å². The van der Waals surface area contributed by atoms with Crippen molar-refractivity contribution in [1.29, 1.82) is 0 Å². The molecule has 0 aromatic rings. The molecule has 1 saturated heterocycles. The Labute approximate surface area is 114 Å². The summed E-state index contributed by atoms with van der Waals surface area (Å²) in [5, 5.41) is 8.53. The lowest BCUT2D eigenvalue weighted by Crippen LogP contribution is -2.47. The average Bonchev–Trinajstić information content (AvgIpc) is 2.40. The molecular weight excluding hydrogens is 248 g/mol. The van der Waals surface area contributed by atoms with Gasteiger partial charge < -0.3 is 19.6 Å². The lowest BCUT2D eigenvalue weighted by molar-refractivity contribution is -0.138. The molecule has 6 heteroatoms. The van der Waals surface area contributed by atoms with E-state index in [0.717, 1.165) is 25.9 Å². The first-order valence-corrected chi connectivity index (χ1v) is 6.95. The number of aliphatic carboxylic acids is 1. The Balaban J connectivity index is 2.28. The van der Waals surface area contributed by atoms with Crippen LogP contribution < -0.4 is 0 Å². The van der Waals surface area contributed by atoms with Gasteiger partial charge in [-0.05, 0) is 26.7 Å². The lowest BCUT2D eigenvalue weighted by Gasteiger charge is -2.35. The number of carboxylic acid groups (broad SMARTS) is 1. The van der Waals surface area contributed by atoms with Gasteiger partial charge in [-0.2, -0.15) is 0 Å². The summed E-state index contributed by atoms with van der Waals surface area (Å²) in [6.45, 7) is 7.03. The minimum Gasteiger partial charge on any atom is -0.481 e. The van der Waals surface area contributed by atoms with E-state index in [4.69, 9.17) is 9.84 Å². The smallest absolute Gasteiger partial charge is 0.319 e. The number of ether oxygens (including phenoxy) is 1. The van der Waals surface area contributed by atoms with Crippen LogP contribution in [0.25, 0.3) is 0 Å². The molecule has 0 spiro atoms. The number of piperidine rings is 1. The highest BCUT2D eigenvalue weighted by Crippen LogP contribution is 2.15. The van der Waals surface area contributed by atoms with E-state index >= 15 is 0 Å². The van der Waals surface area contributed by atoms with Crippen LogP contribution in [0, 0.1) is 0 Å². The second kappa shape index (κ2) is 7.99. The SMILES string of the molecule is CCN(CC)C(=O)N1CCC(OCCC(=O)O)CC1. The van der Waals surface area contributed by atoms with E-state index in [1.54, 1.807) is 0 Å². The number of carboxylic acids is 1. The zero-order valence-electron chi connectivity index (χ0n) is 11.8. The molecule has 0 unspecified atom stereocenters. The molecule has 0 saturated carbocycles. The van der Waals surface area contributed by atoms with Crippen molar-refractivity contribution in [2.75, 3.05) is 32.8 Å². The molecule has 1 rings (SSSR count). The van der Waals surface area contributed by atoms with Gasteiger partial charge in [0.25, 0.3) is 0 Å². The van der Waals surface area contributed by atoms with Gasteiger partial charge in [-0.25, -0.2) is 4.79 Å². The topological polar surface area (TPSA) is 70.1 Å². The van der Waals surface area contributed by atoms with Gasteiger partial charge in [0.1, 0.15) is 0 Å². The maximum absolute atomic E-state index is 12.1. The molecule has 6 nitrogen and oxygen atoms in total. The fraction of sp³-hybridized carbons (Fsp3) is 0.846. The highest BCUT2D eigenvalue weighted by molar-refractivity contribution is 5.74. The van der Waals surface area contributed by atoms with Crippen LogP contribution >= 0.6 is 0 Å². The van der Waals surface area contributed by atoms with Crippen LogP contribution in [0.1, 0.15) is 33.1 Å². The highest BCUT2D eigenvalue weighted by Gasteiger charge is 2.25. The van der Waals surface area contributed by atoms with E-state index in [1.165, 1.54) is 0 Å². The Kier molecular flexibility index (Phi) is 6.62. The first-order chi connectivity index (χ1) is 9.08. The number of nitrogens with zero attached hydrogens (tertiary/aromatic N) is 2. The number of carbonyl (C=O) groups is 2. The summed E-state index contributed by atoms with van der Waals surface area (Å²) < 4.78 is 5.50. The number of urea groups is 1. The van der Waals surface area contributed by atoms with Gasteiger partial charge in [-0.1, -0.05) is 0 Å². The molecule has 1 heterocycles. The molecule has 2 amide bonds. The van der Waals surface area contributed by atoms with Gasteiger partial charge in [0.15, 0.2) is 0 Å². The first-order valence-electron chi connectivity index (χ1n) is 6.95. The van der Waals surface area contributed by atoms with E-state index in [0.29, 0.717) is 13.1 Å². The van der Waals surface area contributed by atoms with Crippen LogP contribution in [-0.2, 0) is 9.53 Å². The zero-order chi connectivity index (χ0) is 14.3. The number of likely N-dealkylation sites (tertiary alicyclic amines) is 1. The maximum atomic E-state index is 12.1. The predicted octanol–water partition coefficient (Wildman–Crippen LogP) is 1.40. The fourth-order valence-electron chi connectivity index (χ4n) is 2.22. The first kappa shape index (κ1) is 15.8. The quantitative estimate of drug-likeness (QED) is 0.793. The van der Waals surface area contributed by atoms with Crippen molar-refractivity contribution in [3.05, 3.63) is 0 Å². The van der Waals surface area contributed by atoms with Gasteiger partial charge in [0.2, 0.25) is 0 Å². The minimum absolute atomic E-state index is 0.0403. The van der Waals surface area contributed by atoms with Gasteiger partial charge >= 0.3 is 12.0 Å². The Hall–Kier alpha value is -1.30. The van der Waals surface area contributed by atoms with Crippen LogP contribution in [0.5, 0.6) is 0 Å². The van der Waals surface area contributed by atoms with Crippen LogP contribution in [0.3, 0.4) is 0 Å². The summed E-state index contributed by atoms with van der Waals surface area (Å²) >= 11 is 0. The average molecular weight is 272 g/mol. The van der Waals surface area contributed by atoms with E-state index in [-0.39, 0.29) is 25.2 Å². The summed E-state index contributed by atoms with van der Waals surface area (Å²) in [5.41, 5.74) is 0. The fourth-order valence-corrected chi connectivity index (χ4v) is 2.22. The number of hydrogen-bond donors (Lipinski definition) is 1. The molecule has 1 N–H and O–H groups in total. The second-order valence-corrected chi connectivity index (χ2v) is 4.66. The van der Waals surface area contributed by atoms with Crippen molar-refractivity contribution in [3.63, 3.8) is 0 Å².